The first-order chi connectivity index (χ1) is 20.5. The Kier molecular flexibility index (Phi) is 8.80. The summed E-state index contributed by atoms with van der Waals surface area (Å²) in [4.78, 5) is 31.5. The smallest absolute Gasteiger partial charge is 0.329 e. The zero-order valence-corrected chi connectivity index (χ0v) is 23.9. The van der Waals surface area contributed by atoms with E-state index in [0.29, 0.717) is 13.1 Å². The fraction of sp³-hybridized carbons (Fsp3) is 0.452. The Labute approximate surface area is 245 Å². The van der Waals surface area contributed by atoms with Crippen molar-refractivity contribution in [1.82, 2.24) is 28.9 Å². The second-order valence-corrected chi connectivity index (χ2v) is 11.3. The average Bonchev–Trinajstić information content (AvgIpc) is 3.28. The van der Waals surface area contributed by atoms with Gasteiger partial charge in [0.1, 0.15) is 11.6 Å². The molecule has 2 N–H and O–H groups in total. The molecule has 42 heavy (non-hydrogen) atoms. The molecule has 2 unspecified atom stereocenters. The fourth-order valence-electron chi connectivity index (χ4n) is 6.16. The highest BCUT2D eigenvalue weighted by Crippen LogP contribution is 2.17. The van der Waals surface area contributed by atoms with Crippen LogP contribution in [0.2, 0.25) is 0 Å². The Morgan fingerprint density at radius 1 is 0.571 bits per heavy atom. The minimum absolute atomic E-state index is 0.200. The Hall–Kier alpha value is -3.77. The summed E-state index contributed by atoms with van der Waals surface area (Å²) in [5.74, 6) is 1.96. The van der Waals surface area contributed by atoms with E-state index in [-0.39, 0.29) is 18.8 Å². The molecular weight excluding hydrogens is 532 g/mol. The van der Waals surface area contributed by atoms with Crippen molar-refractivity contribution in [3.05, 3.63) is 83.5 Å². The van der Waals surface area contributed by atoms with Gasteiger partial charge in [0, 0.05) is 77.8 Å². The molecule has 222 valence electrons. The highest BCUT2D eigenvalue weighted by Gasteiger charge is 2.24. The molecule has 0 amide bonds. The third-order valence-corrected chi connectivity index (χ3v) is 8.34. The standard InChI is InChI=1S/C31H40N8O3/c40-25(21-34-13-17-36(18-14-34)29-9-3-5-11-32-29)23-38-27-7-1-2-8-28(27)39(31(38)42)24-26(41)22-35-15-19-37(20-16-35)30-10-4-6-12-33-30/h1-12,25-26,40-41H,13-24H2. The van der Waals surface area contributed by atoms with Crippen LogP contribution in [-0.2, 0) is 13.1 Å². The topological polar surface area (TPSA) is 106 Å². The number of hydrogen-bond acceptors (Lipinski definition) is 9. The number of anilines is 2. The minimum Gasteiger partial charge on any atom is -0.390 e. The van der Waals surface area contributed by atoms with E-state index in [0.717, 1.165) is 75.0 Å². The Balaban J connectivity index is 1.05. The first kappa shape index (κ1) is 28.4. The SMILES string of the molecule is O=c1n(CC(O)CN2CCN(c3ccccn3)CC2)c2ccccc2n1CC(O)CN1CCN(c2ccccn2)CC1. The summed E-state index contributed by atoms with van der Waals surface area (Å²) < 4.78 is 3.31. The lowest BCUT2D eigenvalue weighted by molar-refractivity contribution is 0.0910. The predicted molar refractivity (Wildman–Crippen MR) is 164 cm³/mol. The van der Waals surface area contributed by atoms with Crippen LogP contribution >= 0.6 is 0 Å². The maximum absolute atomic E-state index is 13.6. The predicted octanol–water partition coefficient (Wildman–Crippen LogP) is 0.959. The van der Waals surface area contributed by atoms with Crippen molar-refractivity contribution in [2.75, 3.05) is 75.2 Å². The van der Waals surface area contributed by atoms with Gasteiger partial charge >= 0.3 is 5.69 Å². The van der Waals surface area contributed by atoms with Crippen molar-refractivity contribution < 1.29 is 10.2 Å². The number of β-amino-alcohol motifs (C(OH)–C–C–N with tert-alkyl or cyclic N) is 2. The van der Waals surface area contributed by atoms with E-state index in [4.69, 9.17) is 0 Å². The summed E-state index contributed by atoms with van der Waals surface area (Å²) >= 11 is 0. The average molecular weight is 573 g/mol. The molecule has 2 aliphatic rings. The first-order valence-electron chi connectivity index (χ1n) is 14.9. The molecule has 1 aromatic carbocycles. The summed E-state index contributed by atoms with van der Waals surface area (Å²) in [6, 6.07) is 19.5. The molecule has 0 bridgehead atoms. The van der Waals surface area contributed by atoms with Crippen molar-refractivity contribution >= 4 is 22.7 Å². The lowest BCUT2D eigenvalue weighted by Gasteiger charge is -2.36. The molecule has 2 atom stereocenters. The zero-order valence-electron chi connectivity index (χ0n) is 23.9. The number of benzene rings is 1. The summed E-state index contributed by atoms with van der Waals surface area (Å²) in [5.41, 5.74) is 1.35. The summed E-state index contributed by atoms with van der Waals surface area (Å²) in [7, 11) is 0. The number of imidazole rings is 1. The van der Waals surface area contributed by atoms with Gasteiger partial charge in [0.15, 0.2) is 0 Å². The van der Waals surface area contributed by atoms with Gasteiger partial charge in [0.25, 0.3) is 0 Å². The fourth-order valence-corrected chi connectivity index (χ4v) is 6.16. The van der Waals surface area contributed by atoms with Gasteiger partial charge in [-0.2, -0.15) is 0 Å². The number of para-hydroxylation sites is 2. The highest BCUT2D eigenvalue weighted by atomic mass is 16.3. The molecular formula is C31H40N8O3. The monoisotopic (exact) mass is 572 g/mol. The second-order valence-electron chi connectivity index (χ2n) is 11.3. The number of fused-ring (bicyclic) bond motifs is 1. The zero-order chi connectivity index (χ0) is 28.9. The van der Waals surface area contributed by atoms with Crippen LogP contribution in [-0.4, -0.2) is 117 Å². The van der Waals surface area contributed by atoms with Crippen molar-refractivity contribution in [3.8, 4) is 0 Å². The molecule has 5 heterocycles. The highest BCUT2D eigenvalue weighted by molar-refractivity contribution is 5.76. The maximum Gasteiger partial charge on any atom is 0.329 e. The van der Waals surface area contributed by atoms with Crippen LogP contribution in [0.5, 0.6) is 0 Å². The number of nitrogens with zero attached hydrogens (tertiary/aromatic N) is 8. The van der Waals surface area contributed by atoms with Gasteiger partial charge in [-0.3, -0.25) is 18.9 Å². The summed E-state index contributed by atoms with van der Waals surface area (Å²) in [6.45, 7) is 8.09. The van der Waals surface area contributed by atoms with Gasteiger partial charge in [-0.15, -0.1) is 0 Å². The molecule has 2 aliphatic heterocycles. The normalized spacial score (nSPS) is 18.4. The van der Waals surface area contributed by atoms with Gasteiger partial charge in [-0.25, -0.2) is 14.8 Å². The van der Waals surface area contributed by atoms with E-state index in [1.54, 1.807) is 9.13 Å². The summed E-state index contributed by atoms with van der Waals surface area (Å²) in [6.07, 6.45) is 2.24. The van der Waals surface area contributed by atoms with E-state index in [2.05, 4.69) is 29.6 Å². The number of aliphatic hydroxyl groups is 2. The van der Waals surface area contributed by atoms with E-state index in [1.807, 2.05) is 73.1 Å². The van der Waals surface area contributed by atoms with Crippen molar-refractivity contribution in [2.24, 2.45) is 0 Å². The molecule has 0 radical (unpaired) electrons. The first-order valence-corrected chi connectivity index (χ1v) is 14.9. The van der Waals surface area contributed by atoms with Gasteiger partial charge in [0.2, 0.25) is 0 Å². The number of aromatic nitrogens is 4. The molecule has 0 saturated carbocycles. The van der Waals surface area contributed by atoms with Crippen LogP contribution < -0.4 is 15.5 Å². The third kappa shape index (κ3) is 6.49. The van der Waals surface area contributed by atoms with Crippen molar-refractivity contribution in [2.45, 2.75) is 25.3 Å². The van der Waals surface area contributed by atoms with Crippen LogP contribution in [0.1, 0.15) is 0 Å². The van der Waals surface area contributed by atoms with E-state index in [1.165, 1.54) is 0 Å². The van der Waals surface area contributed by atoms with Crippen LogP contribution in [0.4, 0.5) is 11.6 Å². The molecule has 0 spiro atoms. The molecule has 4 aromatic rings. The van der Waals surface area contributed by atoms with Crippen LogP contribution in [0, 0.1) is 0 Å². The van der Waals surface area contributed by atoms with Crippen LogP contribution in [0.3, 0.4) is 0 Å². The number of rotatable bonds is 10. The molecule has 3 aromatic heterocycles. The second kappa shape index (κ2) is 13.0. The number of hydrogen-bond donors (Lipinski definition) is 2. The van der Waals surface area contributed by atoms with Gasteiger partial charge in [0.05, 0.1) is 36.3 Å². The number of piperazine rings is 2. The molecule has 11 nitrogen and oxygen atoms in total. The maximum atomic E-state index is 13.6. The van der Waals surface area contributed by atoms with Crippen LogP contribution in [0.25, 0.3) is 11.0 Å². The largest absolute Gasteiger partial charge is 0.390 e. The molecule has 11 heteroatoms. The lowest BCUT2D eigenvalue weighted by atomic mass is 10.2. The number of pyridine rings is 2. The lowest BCUT2D eigenvalue weighted by Crippen LogP contribution is -2.49. The van der Waals surface area contributed by atoms with Gasteiger partial charge in [-0.05, 0) is 36.4 Å². The quantitative estimate of drug-likeness (QED) is 0.288. The van der Waals surface area contributed by atoms with Gasteiger partial charge < -0.3 is 20.0 Å². The number of aliphatic hydroxyl groups excluding tert-OH is 2. The van der Waals surface area contributed by atoms with Crippen molar-refractivity contribution in [1.29, 1.82) is 0 Å². The Bertz CT molecular complexity index is 1370. The van der Waals surface area contributed by atoms with E-state index >= 15 is 0 Å². The van der Waals surface area contributed by atoms with E-state index in [9.17, 15) is 15.0 Å². The molecule has 0 aliphatic carbocycles. The Morgan fingerprint density at radius 2 is 0.976 bits per heavy atom. The van der Waals surface area contributed by atoms with E-state index < -0.39 is 12.2 Å². The Morgan fingerprint density at radius 3 is 1.36 bits per heavy atom. The van der Waals surface area contributed by atoms with Crippen LogP contribution in [0.15, 0.2) is 77.9 Å². The minimum atomic E-state index is -0.691. The molecule has 2 fully saturated rings. The molecule has 2 saturated heterocycles. The third-order valence-electron chi connectivity index (χ3n) is 8.34. The van der Waals surface area contributed by atoms with Crippen molar-refractivity contribution in [3.63, 3.8) is 0 Å². The summed E-state index contributed by atoms with van der Waals surface area (Å²) in [5, 5.41) is 22.1. The molecule has 6 rings (SSSR count). The van der Waals surface area contributed by atoms with Gasteiger partial charge in [-0.1, -0.05) is 24.3 Å².